The number of esters is 1. The summed E-state index contributed by atoms with van der Waals surface area (Å²) < 4.78 is 5.78. The van der Waals surface area contributed by atoms with Gasteiger partial charge in [0.05, 0.1) is 0 Å². The maximum atomic E-state index is 11.8. The molecular formula is C32H52O2. The Morgan fingerprint density at radius 1 is 0.882 bits per heavy atom. The van der Waals surface area contributed by atoms with Crippen LogP contribution in [0.15, 0.2) is 11.8 Å². The number of hydrogen-bond donors (Lipinski definition) is 0. The summed E-state index contributed by atoms with van der Waals surface area (Å²) in [5, 5.41) is 0. The third-order valence-corrected chi connectivity index (χ3v) is 13.5. The minimum Gasteiger partial charge on any atom is -0.431 e. The molecule has 0 amide bonds. The molecule has 9 atom stereocenters. The third kappa shape index (κ3) is 3.08. The molecule has 0 aromatic heterocycles. The third-order valence-electron chi connectivity index (χ3n) is 13.5. The molecule has 192 valence electrons. The summed E-state index contributed by atoms with van der Waals surface area (Å²) in [5.74, 6) is 5.67. The van der Waals surface area contributed by atoms with Crippen LogP contribution in [0.4, 0.5) is 0 Å². The smallest absolute Gasteiger partial charge is 0.307 e. The van der Waals surface area contributed by atoms with Crippen molar-refractivity contribution in [3.8, 4) is 0 Å². The van der Waals surface area contributed by atoms with E-state index in [1.807, 2.05) is 0 Å². The molecule has 5 rings (SSSR count). The molecule has 4 saturated carbocycles. The van der Waals surface area contributed by atoms with Crippen LogP contribution in [0.1, 0.15) is 120 Å². The number of rotatable bonds is 2. The van der Waals surface area contributed by atoms with E-state index in [1.165, 1.54) is 51.4 Å². The molecule has 0 aromatic rings. The molecule has 0 heterocycles. The van der Waals surface area contributed by atoms with E-state index in [0.29, 0.717) is 27.6 Å². The molecule has 0 unspecified atom stereocenters. The molecule has 0 aliphatic heterocycles. The summed E-state index contributed by atoms with van der Waals surface area (Å²) in [7, 11) is 0. The molecule has 0 bridgehead atoms. The zero-order valence-corrected chi connectivity index (χ0v) is 23.7. The van der Waals surface area contributed by atoms with E-state index < -0.39 is 0 Å². The first kappa shape index (κ1) is 24.9. The van der Waals surface area contributed by atoms with Crippen molar-refractivity contribution in [3.63, 3.8) is 0 Å². The van der Waals surface area contributed by atoms with Crippen LogP contribution in [-0.2, 0) is 9.53 Å². The molecule has 0 saturated heterocycles. The average Bonchev–Trinajstić information content (AvgIpc) is 3.08. The Kier molecular flexibility index (Phi) is 5.57. The fraction of sp³-hybridized carbons (Fsp3) is 0.906. The Morgan fingerprint density at radius 3 is 2.24 bits per heavy atom. The maximum absolute atomic E-state index is 11.8. The first-order valence-electron chi connectivity index (χ1n) is 14.6. The summed E-state index contributed by atoms with van der Waals surface area (Å²) in [4.78, 5) is 11.8. The van der Waals surface area contributed by atoms with Crippen molar-refractivity contribution < 1.29 is 9.53 Å². The molecular weight excluding hydrogens is 416 g/mol. The second-order valence-electron chi connectivity index (χ2n) is 15.4. The average molecular weight is 469 g/mol. The largest absolute Gasteiger partial charge is 0.431 e. The van der Waals surface area contributed by atoms with Gasteiger partial charge < -0.3 is 4.74 Å². The van der Waals surface area contributed by atoms with Gasteiger partial charge in [0.1, 0.15) is 5.76 Å². The van der Waals surface area contributed by atoms with Crippen LogP contribution in [0.3, 0.4) is 0 Å². The van der Waals surface area contributed by atoms with Gasteiger partial charge in [-0.25, -0.2) is 0 Å². The van der Waals surface area contributed by atoms with Crippen LogP contribution in [0.5, 0.6) is 0 Å². The predicted molar refractivity (Wildman–Crippen MR) is 140 cm³/mol. The van der Waals surface area contributed by atoms with Crippen molar-refractivity contribution in [3.05, 3.63) is 11.8 Å². The van der Waals surface area contributed by atoms with E-state index in [9.17, 15) is 4.79 Å². The minimum atomic E-state index is -0.168. The Balaban J connectivity index is 1.52. The zero-order valence-electron chi connectivity index (χ0n) is 23.7. The van der Waals surface area contributed by atoms with Crippen LogP contribution < -0.4 is 0 Å². The Hall–Kier alpha value is -0.790. The van der Waals surface area contributed by atoms with Gasteiger partial charge in [-0.2, -0.15) is 0 Å². The fourth-order valence-electron chi connectivity index (χ4n) is 11.7. The topological polar surface area (TPSA) is 26.3 Å². The van der Waals surface area contributed by atoms with E-state index >= 15 is 0 Å². The number of allylic oxidation sites excluding steroid dienone is 2. The number of carbonyl (C=O) groups excluding carboxylic acids is 1. The molecule has 0 aromatic carbocycles. The molecule has 34 heavy (non-hydrogen) atoms. The van der Waals surface area contributed by atoms with E-state index in [2.05, 4.69) is 61.5 Å². The normalized spacial score (nSPS) is 51.6. The van der Waals surface area contributed by atoms with Crippen LogP contribution in [0.25, 0.3) is 0 Å². The van der Waals surface area contributed by atoms with Gasteiger partial charge in [0, 0.05) is 12.3 Å². The first-order chi connectivity index (χ1) is 15.7. The quantitative estimate of drug-likeness (QED) is 0.378. The molecule has 2 nitrogen and oxygen atoms in total. The summed E-state index contributed by atoms with van der Waals surface area (Å²) >= 11 is 0. The van der Waals surface area contributed by atoms with Gasteiger partial charge in [-0.3, -0.25) is 4.79 Å². The van der Waals surface area contributed by atoms with Gasteiger partial charge in [-0.15, -0.1) is 0 Å². The molecule has 0 spiro atoms. The van der Waals surface area contributed by atoms with Crippen molar-refractivity contribution in [2.24, 2.45) is 62.6 Å². The van der Waals surface area contributed by atoms with E-state index in [0.717, 1.165) is 41.8 Å². The fourth-order valence-corrected chi connectivity index (χ4v) is 11.7. The Bertz CT molecular complexity index is 883. The number of hydrogen-bond acceptors (Lipinski definition) is 2. The van der Waals surface area contributed by atoms with Gasteiger partial charge in [-0.1, -0.05) is 55.4 Å². The second kappa shape index (κ2) is 7.61. The number of ether oxygens (including phenoxy) is 1. The van der Waals surface area contributed by atoms with Gasteiger partial charge in [-0.05, 0) is 121 Å². The molecule has 0 N–H and O–H groups in total. The minimum absolute atomic E-state index is 0.0723. The monoisotopic (exact) mass is 468 g/mol. The molecule has 4 fully saturated rings. The van der Waals surface area contributed by atoms with Crippen LogP contribution in [0.2, 0.25) is 0 Å². The number of carbonyl (C=O) groups is 1. The summed E-state index contributed by atoms with van der Waals surface area (Å²) in [6, 6.07) is 0. The van der Waals surface area contributed by atoms with Gasteiger partial charge >= 0.3 is 5.97 Å². The molecule has 0 radical (unpaired) electrons. The van der Waals surface area contributed by atoms with Crippen molar-refractivity contribution in [1.82, 2.24) is 0 Å². The SMILES string of the molecule is CC(=O)OC1=CC[C@]2(C)[C@H]3CC[C@@H]4[C@H]5[C@H](C(C)C)CC[C@]5(C)CC[C@@]4(C)[C@]3(C)CC[C@H]2C1(C)C. The highest BCUT2D eigenvalue weighted by Crippen LogP contribution is 2.77. The molecule has 5 aliphatic carbocycles. The maximum Gasteiger partial charge on any atom is 0.307 e. The van der Waals surface area contributed by atoms with Crippen LogP contribution in [0, 0.1) is 62.6 Å². The lowest BCUT2D eigenvalue weighted by molar-refractivity contribution is -0.230. The van der Waals surface area contributed by atoms with Crippen LogP contribution >= 0.6 is 0 Å². The van der Waals surface area contributed by atoms with E-state index in [1.54, 1.807) is 6.92 Å². The zero-order chi connectivity index (χ0) is 24.9. The highest BCUT2D eigenvalue weighted by Gasteiger charge is 2.70. The Labute approximate surface area is 210 Å². The van der Waals surface area contributed by atoms with Gasteiger partial charge in [0.2, 0.25) is 0 Å². The van der Waals surface area contributed by atoms with Crippen LogP contribution in [-0.4, -0.2) is 5.97 Å². The van der Waals surface area contributed by atoms with E-state index in [4.69, 9.17) is 4.74 Å². The Morgan fingerprint density at radius 2 is 1.59 bits per heavy atom. The highest BCUT2D eigenvalue weighted by atomic mass is 16.5. The van der Waals surface area contributed by atoms with Crippen molar-refractivity contribution >= 4 is 5.97 Å². The van der Waals surface area contributed by atoms with E-state index in [-0.39, 0.29) is 11.4 Å². The van der Waals surface area contributed by atoms with Crippen molar-refractivity contribution in [2.45, 2.75) is 120 Å². The second-order valence-corrected chi connectivity index (χ2v) is 15.4. The summed E-state index contributed by atoms with van der Waals surface area (Å²) in [6.07, 6.45) is 14.6. The lowest BCUT2D eigenvalue weighted by atomic mass is 9.32. The standard InChI is InChI=1S/C32H52O2/c1-20(2)22-12-15-29(6)18-19-31(8)23(27(22)29)10-11-25-30(7)16-14-26(34-21(3)33)28(4,5)24(30)13-17-32(25,31)9/h14,20,22-25,27H,10-13,15-19H2,1-9H3/t22-,23+,24-,25+,27+,29+,30-,31+,32+/m0/s1. The lowest BCUT2D eigenvalue weighted by Crippen LogP contribution is -2.65. The molecule has 2 heteroatoms. The first-order valence-corrected chi connectivity index (χ1v) is 14.6. The van der Waals surface area contributed by atoms with Gasteiger partial charge in [0.15, 0.2) is 0 Å². The van der Waals surface area contributed by atoms with Gasteiger partial charge in [0.25, 0.3) is 0 Å². The highest BCUT2D eigenvalue weighted by molar-refractivity contribution is 5.67. The van der Waals surface area contributed by atoms with Crippen molar-refractivity contribution in [1.29, 1.82) is 0 Å². The summed E-state index contributed by atoms with van der Waals surface area (Å²) in [5.41, 5.74) is 1.67. The lowest BCUT2D eigenvalue weighted by Gasteiger charge is -2.72. The number of fused-ring (bicyclic) bond motifs is 7. The van der Waals surface area contributed by atoms with Crippen molar-refractivity contribution in [2.75, 3.05) is 0 Å². The predicted octanol–water partition coefficient (Wildman–Crippen LogP) is 8.80. The molecule has 5 aliphatic rings. The summed E-state index contributed by atoms with van der Waals surface area (Å²) in [6.45, 7) is 22.0.